The van der Waals surface area contributed by atoms with E-state index in [1.165, 1.54) is 42.5 Å². The van der Waals surface area contributed by atoms with Crippen molar-refractivity contribution < 1.29 is 23.2 Å². The van der Waals surface area contributed by atoms with Crippen LogP contribution in [0.2, 0.25) is 20.1 Å². The first-order chi connectivity index (χ1) is 13.5. The summed E-state index contributed by atoms with van der Waals surface area (Å²) in [5.41, 5.74) is -0.903. The molecule has 0 fully saturated rings. The van der Waals surface area contributed by atoms with Gasteiger partial charge in [-0.05, 0) is 24.3 Å². The topological polar surface area (TPSA) is 94.8 Å². The van der Waals surface area contributed by atoms with Crippen molar-refractivity contribution in [1.82, 2.24) is 0 Å². The Morgan fingerprint density at radius 2 is 1.31 bits per heavy atom. The number of rotatable bonds is 4. The third kappa shape index (κ3) is 3.44. The van der Waals surface area contributed by atoms with Gasteiger partial charge in [0.15, 0.2) is 16.2 Å². The highest BCUT2D eigenvalue weighted by atomic mass is 35.5. The quantitative estimate of drug-likeness (QED) is 0.182. The van der Waals surface area contributed by atoms with Crippen molar-refractivity contribution in [2.45, 2.75) is 4.75 Å². The predicted molar refractivity (Wildman–Crippen MR) is 114 cm³/mol. The molecule has 3 aromatic rings. The van der Waals surface area contributed by atoms with Crippen LogP contribution < -0.4 is 0 Å². The lowest BCUT2D eigenvalue weighted by molar-refractivity contribution is 0.393. The molecule has 0 radical (unpaired) electrons. The largest absolute Gasteiger partial charge is 0.504 e. The smallest absolute Gasteiger partial charge is 0.283 e. The molecule has 1 atom stereocenters. The van der Waals surface area contributed by atoms with Crippen molar-refractivity contribution in [1.29, 1.82) is 0 Å². The van der Waals surface area contributed by atoms with Crippen LogP contribution in [0.3, 0.4) is 0 Å². The molecule has 0 bridgehead atoms. The van der Waals surface area contributed by atoms with Crippen LogP contribution in [0.15, 0.2) is 54.6 Å². The van der Waals surface area contributed by atoms with Crippen LogP contribution in [-0.2, 0) is 14.9 Å². The Kier molecular flexibility index (Phi) is 5.98. The maximum atomic E-state index is 13.0. The molecular formula is C19H12Cl4O5S. The average Bonchev–Trinajstić information content (AvgIpc) is 2.64. The molecule has 0 saturated heterocycles. The molecule has 0 saturated carbocycles. The molecule has 0 spiro atoms. The zero-order valence-corrected chi connectivity index (χ0v) is 18.1. The normalized spacial score (nSPS) is 13.8. The number of para-hydroxylation sites is 1. The van der Waals surface area contributed by atoms with Crippen LogP contribution in [-0.4, -0.2) is 23.2 Å². The van der Waals surface area contributed by atoms with Gasteiger partial charge in [0, 0.05) is 26.7 Å². The molecule has 0 aliphatic carbocycles. The van der Waals surface area contributed by atoms with Gasteiger partial charge in [0.2, 0.25) is 0 Å². The second-order valence-corrected chi connectivity index (χ2v) is 9.19. The zero-order valence-electron chi connectivity index (χ0n) is 14.3. The predicted octanol–water partition coefficient (Wildman–Crippen LogP) is 5.89. The Morgan fingerprint density at radius 1 is 0.724 bits per heavy atom. The molecule has 29 heavy (non-hydrogen) atoms. The molecule has 5 nitrogen and oxygen atoms in total. The summed E-state index contributed by atoms with van der Waals surface area (Å²) in [6.45, 7) is 0. The molecular weight excluding hydrogens is 482 g/mol. The number of phenols is 2. The van der Waals surface area contributed by atoms with Crippen molar-refractivity contribution in [2.24, 2.45) is 0 Å². The maximum Gasteiger partial charge on any atom is 0.283 e. The van der Waals surface area contributed by atoms with Crippen LogP contribution in [0.1, 0.15) is 16.7 Å². The summed E-state index contributed by atoms with van der Waals surface area (Å²) in [6.07, 6.45) is 0. The molecule has 3 aromatic carbocycles. The van der Waals surface area contributed by atoms with E-state index in [1.54, 1.807) is 6.07 Å². The van der Waals surface area contributed by atoms with Gasteiger partial charge in [-0.3, -0.25) is 4.55 Å². The van der Waals surface area contributed by atoms with E-state index in [0.717, 1.165) is 6.07 Å². The SMILES string of the molecule is O=S(=O)(O)C(c1ccccc1Cl)(c1cccc(O)c1O)c1c(Cl)ccc(Cl)c1Cl. The molecule has 3 rings (SSSR count). The lowest BCUT2D eigenvalue weighted by atomic mass is 9.83. The van der Waals surface area contributed by atoms with Crippen LogP contribution in [0, 0.1) is 0 Å². The summed E-state index contributed by atoms with van der Waals surface area (Å²) in [7, 11) is -5.19. The fourth-order valence-electron chi connectivity index (χ4n) is 3.23. The molecule has 0 heterocycles. The zero-order chi connectivity index (χ0) is 21.6. The summed E-state index contributed by atoms with van der Waals surface area (Å²) < 4.78 is 34.0. The first-order valence-electron chi connectivity index (χ1n) is 7.91. The van der Waals surface area contributed by atoms with E-state index in [0.29, 0.717) is 0 Å². The molecule has 3 N–H and O–H groups in total. The minimum atomic E-state index is -5.19. The van der Waals surface area contributed by atoms with Gasteiger partial charge >= 0.3 is 0 Å². The average molecular weight is 494 g/mol. The second-order valence-electron chi connectivity index (χ2n) is 6.03. The van der Waals surface area contributed by atoms with Crippen molar-refractivity contribution >= 4 is 56.5 Å². The van der Waals surface area contributed by atoms with Crippen LogP contribution in [0.5, 0.6) is 11.5 Å². The van der Waals surface area contributed by atoms with E-state index >= 15 is 0 Å². The van der Waals surface area contributed by atoms with Crippen molar-refractivity contribution in [3.8, 4) is 11.5 Å². The number of phenolic OH excluding ortho intramolecular Hbond substituents is 2. The molecule has 0 aliphatic rings. The van der Waals surface area contributed by atoms with Gasteiger partial charge in [0.05, 0.1) is 10.0 Å². The monoisotopic (exact) mass is 492 g/mol. The van der Waals surface area contributed by atoms with Crippen molar-refractivity contribution in [2.75, 3.05) is 0 Å². The van der Waals surface area contributed by atoms with Gasteiger partial charge in [-0.25, -0.2) is 0 Å². The third-order valence-electron chi connectivity index (χ3n) is 4.43. The number of hydrogen-bond acceptors (Lipinski definition) is 4. The van der Waals surface area contributed by atoms with E-state index in [9.17, 15) is 23.2 Å². The van der Waals surface area contributed by atoms with Gasteiger partial charge in [-0.1, -0.05) is 76.7 Å². The van der Waals surface area contributed by atoms with E-state index in [2.05, 4.69) is 0 Å². The Hall–Kier alpha value is -1.67. The number of hydrogen-bond donors (Lipinski definition) is 3. The first-order valence-corrected chi connectivity index (χ1v) is 10.9. The first kappa shape index (κ1) is 22.0. The molecule has 10 heteroatoms. The van der Waals surface area contributed by atoms with Gasteiger partial charge in [-0.2, -0.15) is 8.42 Å². The van der Waals surface area contributed by atoms with E-state index in [4.69, 9.17) is 46.4 Å². The van der Waals surface area contributed by atoms with E-state index in [-0.39, 0.29) is 31.2 Å². The summed E-state index contributed by atoms with van der Waals surface area (Å²) in [4.78, 5) is 0. The van der Waals surface area contributed by atoms with Crippen LogP contribution in [0.4, 0.5) is 0 Å². The summed E-state index contributed by atoms with van der Waals surface area (Å²) in [6, 6.07) is 12.0. The van der Waals surface area contributed by atoms with Gasteiger partial charge in [0.25, 0.3) is 10.1 Å². The van der Waals surface area contributed by atoms with Gasteiger partial charge in [0.1, 0.15) is 0 Å². The molecule has 152 valence electrons. The molecule has 0 amide bonds. The van der Waals surface area contributed by atoms with Gasteiger partial charge in [-0.15, -0.1) is 0 Å². The molecule has 1 unspecified atom stereocenters. The number of halogens is 4. The van der Waals surface area contributed by atoms with Crippen molar-refractivity contribution in [3.05, 3.63) is 91.4 Å². The standard InChI is InChI=1S/C19H12Cl4O5S/c20-12-6-2-1-4-10(12)19(29(26,27)28,11-5-3-7-15(24)18(11)25)16-13(21)8-9-14(22)17(16)23/h1-9,24-25H,(H,26,27,28). The highest BCUT2D eigenvalue weighted by Crippen LogP contribution is 2.54. The Balaban J connectivity index is 2.71. The fourth-order valence-corrected chi connectivity index (χ4v) is 5.86. The Morgan fingerprint density at radius 3 is 1.93 bits per heavy atom. The molecule has 0 aliphatic heterocycles. The lowest BCUT2D eigenvalue weighted by Gasteiger charge is -2.35. The third-order valence-corrected chi connectivity index (χ3v) is 7.30. The fraction of sp³-hybridized carbons (Fsp3) is 0.0526. The summed E-state index contributed by atoms with van der Waals surface area (Å²) in [5, 5.41) is 20.0. The van der Waals surface area contributed by atoms with Gasteiger partial charge < -0.3 is 10.2 Å². The highest BCUT2D eigenvalue weighted by Gasteiger charge is 2.54. The lowest BCUT2D eigenvalue weighted by Crippen LogP contribution is -2.39. The number of aromatic hydroxyl groups is 2. The maximum absolute atomic E-state index is 13.0. The van der Waals surface area contributed by atoms with Crippen LogP contribution in [0.25, 0.3) is 0 Å². The summed E-state index contributed by atoms with van der Waals surface area (Å²) in [5.74, 6) is -1.44. The Bertz CT molecular complexity index is 1210. The van der Waals surface area contributed by atoms with E-state index in [1.807, 2.05) is 0 Å². The summed E-state index contributed by atoms with van der Waals surface area (Å²) >= 11 is 25.1. The highest BCUT2D eigenvalue weighted by molar-refractivity contribution is 7.87. The Labute approximate surface area is 186 Å². The second kappa shape index (κ2) is 7.87. The van der Waals surface area contributed by atoms with E-state index < -0.39 is 31.9 Å². The minimum Gasteiger partial charge on any atom is -0.504 e. The van der Waals surface area contributed by atoms with Crippen molar-refractivity contribution in [3.63, 3.8) is 0 Å². The number of benzene rings is 3. The minimum absolute atomic E-state index is 0.0502. The molecule has 0 aromatic heterocycles. The van der Waals surface area contributed by atoms with Crippen LogP contribution >= 0.6 is 46.4 Å².